The van der Waals surface area contributed by atoms with Crippen molar-refractivity contribution in [2.75, 3.05) is 6.54 Å². The molecule has 106 valence electrons. The molecule has 0 radical (unpaired) electrons. The van der Waals surface area contributed by atoms with Crippen molar-refractivity contribution in [2.24, 2.45) is 5.92 Å². The summed E-state index contributed by atoms with van der Waals surface area (Å²) in [4.78, 5) is 26.3. The van der Waals surface area contributed by atoms with Crippen molar-refractivity contribution in [3.05, 3.63) is 0 Å². The first-order valence-corrected chi connectivity index (χ1v) is 7.84. The van der Waals surface area contributed by atoms with Gasteiger partial charge in [0.1, 0.15) is 0 Å². The standard InChI is InChI=1S/C15H24N2O2/c18-14-9-8-11(15(19)16-12-4-3-5-12)10-17(14)13-6-1-2-7-13/h11-13H,1-10H2,(H,16,19)/t11-/m0/s1. The number of carbonyl (C=O) groups is 2. The van der Waals surface area contributed by atoms with Crippen LogP contribution in [0.2, 0.25) is 0 Å². The third-order valence-corrected chi connectivity index (χ3v) is 5.03. The second-order valence-electron chi connectivity index (χ2n) is 6.36. The lowest BCUT2D eigenvalue weighted by molar-refractivity contribution is -0.140. The van der Waals surface area contributed by atoms with Crippen LogP contribution in [0.15, 0.2) is 0 Å². The van der Waals surface area contributed by atoms with Crippen LogP contribution in [0.25, 0.3) is 0 Å². The first-order chi connectivity index (χ1) is 9.24. The lowest BCUT2D eigenvalue weighted by Crippen LogP contribution is -2.51. The highest BCUT2D eigenvalue weighted by Crippen LogP contribution is 2.29. The number of piperidine rings is 1. The van der Waals surface area contributed by atoms with Gasteiger partial charge in [-0.25, -0.2) is 0 Å². The van der Waals surface area contributed by atoms with Gasteiger partial charge in [0.2, 0.25) is 11.8 Å². The van der Waals surface area contributed by atoms with Gasteiger partial charge in [-0.05, 0) is 38.5 Å². The topological polar surface area (TPSA) is 49.4 Å². The SMILES string of the molecule is O=C(NC1CCC1)[C@H]1CCC(=O)N(C2CCCC2)C1. The molecule has 0 aromatic rings. The highest BCUT2D eigenvalue weighted by atomic mass is 16.2. The van der Waals surface area contributed by atoms with E-state index in [1.54, 1.807) is 0 Å². The maximum atomic E-state index is 12.2. The van der Waals surface area contributed by atoms with Crippen molar-refractivity contribution in [1.29, 1.82) is 0 Å². The highest BCUT2D eigenvalue weighted by molar-refractivity contribution is 5.84. The number of carbonyl (C=O) groups excluding carboxylic acids is 2. The van der Waals surface area contributed by atoms with E-state index < -0.39 is 0 Å². The Morgan fingerprint density at radius 1 is 1.05 bits per heavy atom. The predicted molar refractivity (Wildman–Crippen MR) is 72.5 cm³/mol. The predicted octanol–water partition coefficient (Wildman–Crippen LogP) is 1.84. The van der Waals surface area contributed by atoms with Crippen LogP contribution >= 0.6 is 0 Å². The summed E-state index contributed by atoms with van der Waals surface area (Å²) in [6.45, 7) is 0.655. The van der Waals surface area contributed by atoms with E-state index in [0.717, 1.165) is 32.1 Å². The fourth-order valence-corrected chi connectivity index (χ4v) is 3.53. The fraction of sp³-hybridized carbons (Fsp3) is 0.867. The van der Waals surface area contributed by atoms with Crippen molar-refractivity contribution >= 4 is 11.8 Å². The largest absolute Gasteiger partial charge is 0.353 e. The first kappa shape index (κ1) is 12.9. The fourth-order valence-electron chi connectivity index (χ4n) is 3.53. The summed E-state index contributed by atoms with van der Waals surface area (Å²) in [5.41, 5.74) is 0. The lowest BCUT2D eigenvalue weighted by Gasteiger charge is -2.37. The molecule has 4 nitrogen and oxygen atoms in total. The van der Waals surface area contributed by atoms with Gasteiger partial charge in [0.15, 0.2) is 0 Å². The normalized spacial score (nSPS) is 29.4. The number of likely N-dealkylation sites (tertiary alicyclic amines) is 1. The molecule has 3 aliphatic rings. The molecule has 0 spiro atoms. The first-order valence-electron chi connectivity index (χ1n) is 7.84. The van der Waals surface area contributed by atoms with Crippen LogP contribution in [0, 0.1) is 5.92 Å². The Morgan fingerprint density at radius 3 is 2.42 bits per heavy atom. The van der Waals surface area contributed by atoms with Crippen LogP contribution in [0.1, 0.15) is 57.8 Å². The summed E-state index contributed by atoms with van der Waals surface area (Å²) in [5.74, 6) is 0.471. The van der Waals surface area contributed by atoms with Crippen molar-refractivity contribution in [1.82, 2.24) is 10.2 Å². The zero-order valence-electron chi connectivity index (χ0n) is 11.6. The maximum absolute atomic E-state index is 12.2. The summed E-state index contributed by atoms with van der Waals surface area (Å²) < 4.78 is 0. The molecule has 3 rings (SSSR count). The van der Waals surface area contributed by atoms with Crippen LogP contribution in [0.5, 0.6) is 0 Å². The van der Waals surface area contributed by atoms with Crippen molar-refractivity contribution in [2.45, 2.75) is 69.9 Å². The van der Waals surface area contributed by atoms with E-state index in [9.17, 15) is 9.59 Å². The van der Waals surface area contributed by atoms with E-state index in [2.05, 4.69) is 5.32 Å². The monoisotopic (exact) mass is 264 g/mol. The lowest BCUT2D eigenvalue weighted by atomic mass is 9.90. The Hall–Kier alpha value is -1.06. The van der Waals surface area contributed by atoms with Gasteiger partial charge in [0.05, 0.1) is 5.92 Å². The van der Waals surface area contributed by atoms with Gasteiger partial charge in [-0.3, -0.25) is 9.59 Å². The molecule has 1 saturated heterocycles. The number of hydrogen-bond acceptors (Lipinski definition) is 2. The molecule has 0 aromatic heterocycles. The zero-order valence-corrected chi connectivity index (χ0v) is 11.6. The molecule has 2 aliphatic carbocycles. The van der Waals surface area contributed by atoms with E-state index in [1.807, 2.05) is 4.90 Å². The van der Waals surface area contributed by atoms with Crippen LogP contribution in [0.3, 0.4) is 0 Å². The van der Waals surface area contributed by atoms with Gasteiger partial charge >= 0.3 is 0 Å². The van der Waals surface area contributed by atoms with Gasteiger partial charge in [0.25, 0.3) is 0 Å². The zero-order chi connectivity index (χ0) is 13.2. The molecular formula is C15H24N2O2. The summed E-state index contributed by atoms with van der Waals surface area (Å²) in [6.07, 6.45) is 9.50. The molecule has 0 unspecified atom stereocenters. The van der Waals surface area contributed by atoms with E-state index in [4.69, 9.17) is 0 Å². The van der Waals surface area contributed by atoms with E-state index >= 15 is 0 Å². The van der Waals surface area contributed by atoms with Crippen molar-refractivity contribution < 1.29 is 9.59 Å². The summed E-state index contributed by atoms with van der Waals surface area (Å²) >= 11 is 0. The molecule has 2 amide bonds. The highest BCUT2D eigenvalue weighted by Gasteiger charge is 2.35. The molecule has 3 fully saturated rings. The number of nitrogens with one attached hydrogen (secondary N) is 1. The molecule has 4 heteroatoms. The minimum absolute atomic E-state index is 0.0268. The number of rotatable bonds is 3. The van der Waals surface area contributed by atoms with E-state index in [0.29, 0.717) is 25.0 Å². The van der Waals surface area contributed by atoms with Crippen LogP contribution in [-0.4, -0.2) is 35.3 Å². The van der Waals surface area contributed by atoms with Crippen LogP contribution in [-0.2, 0) is 9.59 Å². The summed E-state index contributed by atoms with van der Waals surface area (Å²) in [7, 11) is 0. The Kier molecular flexibility index (Phi) is 3.76. The Labute approximate surface area is 114 Å². The van der Waals surface area contributed by atoms with Crippen molar-refractivity contribution in [3.63, 3.8) is 0 Å². The molecule has 0 bridgehead atoms. The Morgan fingerprint density at radius 2 is 1.79 bits per heavy atom. The molecule has 1 N–H and O–H groups in total. The smallest absolute Gasteiger partial charge is 0.225 e. The number of nitrogens with zero attached hydrogens (tertiary/aromatic N) is 1. The second kappa shape index (κ2) is 5.51. The van der Waals surface area contributed by atoms with Gasteiger partial charge in [-0.1, -0.05) is 12.8 Å². The Bertz CT molecular complexity index is 359. The third kappa shape index (κ3) is 2.77. The molecule has 1 atom stereocenters. The second-order valence-corrected chi connectivity index (χ2v) is 6.36. The maximum Gasteiger partial charge on any atom is 0.225 e. The summed E-state index contributed by atoms with van der Waals surface area (Å²) in [6, 6.07) is 0.817. The summed E-state index contributed by atoms with van der Waals surface area (Å²) in [5, 5.41) is 3.14. The van der Waals surface area contributed by atoms with Crippen LogP contribution < -0.4 is 5.32 Å². The molecule has 1 aliphatic heterocycles. The van der Waals surface area contributed by atoms with Crippen molar-refractivity contribution in [3.8, 4) is 0 Å². The third-order valence-electron chi connectivity index (χ3n) is 5.03. The van der Waals surface area contributed by atoms with Gasteiger partial charge in [0, 0.05) is 25.0 Å². The minimum Gasteiger partial charge on any atom is -0.353 e. The average molecular weight is 264 g/mol. The number of amides is 2. The number of hydrogen-bond donors (Lipinski definition) is 1. The van der Waals surface area contributed by atoms with Crippen LogP contribution in [0.4, 0.5) is 0 Å². The van der Waals surface area contributed by atoms with Gasteiger partial charge < -0.3 is 10.2 Å². The van der Waals surface area contributed by atoms with E-state index in [-0.39, 0.29) is 17.7 Å². The molecule has 0 aromatic carbocycles. The minimum atomic E-state index is 0.0268. The average Bonchev–Trinajstić information content (AvgIpc) is 2.88. The Balaban J connectivity index is 1.57. The quantitative estimate of drug-likeness (QED) is 0.845. The molecule has 19 heavy (non-hydrogen) atoms. The molecule has 1 heterocycles. The molecular weight excluding hydrogens is 240 g/mol. The molecule has 2 saturated carbocycles. The van der Waals surface area contributed by atoms with Gasteiger partial charge in [-0.15, -0.1) is 0 Å². The van der Waals surface area contributed by atoms with E-state index in [1.165, 1.54) is 19.3 Å². The van der Waals surface area contributed by atoms with Gasteiger partial charge in [-0.2, -0.15) is 0 Å².